The van der Waals surface area contributed by atoms with E-state index < -0.39 is 0 Å². The molecule has 1 aliphatic heterocycles. The van der Waals surface area contributed by atoms with Crippen molar-refractivity contribution < 1.29 is 4.74 Å². The highest BCUT2D eigenvalue weighted by Crippen LogP contribution is 2.46. The summed E-state index contributed by atoms with van der Waals surface area (Å²) in [7, 11) is 2.04. The minimum absolute atomic E-state index is 0.0719. The fourth-order valence-corrected chi connectivity index (χ4v) is 4.71. The molecule has 21 heavy (non-hydrogen) atoms. The number of rotatable bonds is 4. The van der Waals surface area contributed by atoms with Crippen molar-refractivity contribution in [2.24, 2.45) is 0 Å². The quantitative estimate of drug-likeness (QED) is 0.900. The van der Waals surface area contributed by atoms with E-state index in [1.165, 1.54) is 10.4 Å². The molecule has 2 heterocycles. The van der Waals surface area contributed by atoms with Gasteiger partial charge in [-0.1, -0.05) is 41.9 Å². The number of thiophene rings is 1. The molecule has 112 valence electrons. The second-order valence-corrected chi connectivity index (χ2v) is 7.24. The zero-order valence-corrected chi connectivity index (χ0v) is 13.7. The fourth-order valence-electron chi connectivity index (χ4n) is 3.42. The van der Waals surface area contributed by atoms with Crippen molar-refractivity contribution in [1.82, 2.24) is 5.32 Å². The van der Waals surface area contributed by atoms with Gasteiger partial charge in [-0.15, -0.1) is 11.3 Å². The van der Waals surface area contributed by atoms with Crippen LogP contribution in [0.4, 0.5) is 0 Å². The van der Waals surface area contributed by atoms with Crippen LogP contribution < -0.4 is 5.32 Å². The number of likely N-dealkylation sites (N-methyl/N-ethyl adjacent to an activating group) is 1. The zero-order chi connectivity index (χ0) is 14.7. The van der Waals surface area contributed by atoms with Crippen molar-refractivity contribution in [3.8, 4) is 0 Å². The molecule has 1 aromatic carbocycles. The number of benzene rings is 1. The van der Waals surface area contributed by atoms with Crippen LogP contribution in [0.15, 0.2) is 42.5 Å². The first-order valence-electron chi connectivity index (χ1n) is 7.32. The van der Waals surface area contributed by atoms with Crippen molar-refractivity contribution in [3.05, 3.63) is 57.2 Å². The van der Waals surface area contributed by atoms with Gasteiger partial charge in [0.25, 0.3) is 0 Å². The lowest BCUT2D eigenvalue weighted by Crippen LogP contribution is -2.44. The Morgan fingerprint density at radius 2 is 1.86 bits per heavy atom. The first-order valence-corrected chi connectivity index (χ1v) is 8.51. The van der Waals surface area contributed by atoms with E-state index in [1.54, 1.807) is 11.3 Å². The van der Waals surface area contributed by atoms with Crippen molar-refractivity contribution in [2.75, 3.05) is 20.3 Å². The summed E-state index contributed by atoms with van der Waals surface area (Å²) >= 11 is 7.83. The van der Waals surface area contributed by atoms with Crippen molar-refractivity contribution in [3.63, 3.8) is 0 Å². The highest BCUT2D eigenvalue weighted by atomic mass is 35.5. The first-order chi connectivity index (χ1) is 10.3. The van der Waals surface area contributed by atoms with E-state index in [2.05, 4.69) is 41.7 Å². The van der Waals surface area contributed by atoms with Crippen LogP contribution in [0, 0.1) is 0 Å². The van der Waals surface area contributed by atoms with E-state index in [0.29, 0.717) is 0 Å². The van der Waals surface area contributed by atoms with Crippen molar-refractivity contribution in [1.29, 1.82) is 0 Å². The maximum atomic E-state index is 6.16. The van der Waals surface area contributed by atoms with Gasteiger partial charge in [-0.3, -0.25) is 0 Å². The normalized spacial score (nSPS) is 19.3. The maximum Gasteiger partial charge on any atom is 0.0931 e. The van der Waals surface area contributed by atoms with Crippen LogP contribution in [-0.2, 0) is 10.2 Å². The number of nitrogens with one attached hydrogen (secondary N) is 1. The molecule has 1 N–H and O–H groups in total. The second-order valence-electron chi connectivity index (χ2n) is 5.50. The highest BCUT2D eigenvalue weighted by Gasteiger charge is 2.42. The van der Waals surface area contributed by atoms with E-state index >= 15 is 0 Å². The Balaban J connectivity index is 2.05. The summed E-state index contributed by atoms with van der Waals surface area (Å²) in [4.78, 5) is 1.30. The summed E-state index contributed by atoms with van der Waals surface area (Å²) in [6.45, 7) is 1.62. The summed E-state index contributed by atoms with van der Waals surface area (Å²) in [5.74, 6) is 0. The summed E-state index contributed by atoms with van der Waals surface area (Å²) in [5, 5.41) is 3.54. The van der Waals surface area contributed by atoms with Gasteiger partial charge in [0.2, 0.25) is 0 Å². The minimum Gasteiger partial charge on any atom is -0.381 e. The molecule has 1 atom stereocenters. The van der Waals surface area contributed by atoms with E-state index in [-0.39, 0.29) is 11.5 Å². The van der Waals surface area contributed by atoms with Gasteiger partial charge in [-0.25, -0.2) is 0 Å². The molecule has 0 radical (unpaired) electrons. The van der Waals surface area contributed by atoms with Crippen LogP contribution >= 0.6 is 22.9 Å². The molecule has 1 fully saturated rings. The zero-order valence-electron chi connectivity index (χ0n) is 12.1. The molecule has 1 saturated heterocycles. The molecule has 3 rings (SSSR count). The molecular formula is C17H20ClNOS. The Bertz CT molecular complexity index is 577. The van der Waals surface area contributed by atoms with Crippen LogP contribution in [0.3, 0.4) is 0 Å². The van der Waals surface area contributed by atoms with E-state index in [4.69, 9.17) is 16.3 Å². The van der Waals surface area contributed by atoms with Gasteiger partial charge in [0.1, 0.15) is 0 Å². The third-order valence-electron chi connectivity index (χ3n) is 4.45. The lowest BCUT2D eigenvalue weighted by atomic mass is 9.68. The smallest absolute Gasteiger partial charge is 0.0931 e. The molecule has 1 aromatic heterocycles. The molecular weight excluding hydrogens is 302 g/mol. The number of halogens is 1. The Morgan fingerprint density at radius 1 is 1.14 bits per heavy atom. The highest BCUT2D eigenvalue weighted by molar-refractivity contribution is 7.16. The lowest BCUT2D eigenvalue weighted by Gasteiger charge is -2.43. The van der Waals surface area contributed by atoms with Gasteiger partial charge in [-0.2, -0.15) is 0 Å². The molecule has 0 aliphatic carbocycles. The molecule has 1 unspecified atom stereocenters. The third-order valence-corrected chi connectivity index (χ3v) is 5.75. The van der Waals surface area contributed by atoms with Crippen LogP contribution in [-0.4, -0.2) is 20.3 Å². The summed E-state index contributed by atoms with van der Waals surface area (Å²) < 4.78 is 6.48. The monoisotopic (exact) mass is 321 g/mol. The molecule has 0 spiro atoms. The summed E-state index contributed by atoms with van der Waals surface area (Å²) in [6.07, 6.45) is 2.05. The molecule has 2 nitrogen and oxygen atoms in total. The number of hydrogen-bond donors (Lipinski definition) is 1. The lowest BCUT2D eigenvalue weighted by molar-refractivity contribution is 0.0357. The fraction of sp³-hybridized carbons (Fsp3) is 0.412. The number of hydrogen-bond acceptors (Lipinski definition) is 3. The SMILES string of the molecule is CNC(c1ccc(Cl)s1)C1(c2ccccc2)CCOCC1. The Kier molecular flexibility index (Phi) is 4.65. The van der Waals surface area contributed by atoms with Gasteiger partial charge < -0.3 is 10.1 Å². The average molecular weight is 322 g/mol. The van der Waals surface area contributed by atoms with Crippen LogP contribution in [0.2, 0.25) is 4.34 Å². The minimum atomic E-state index is 0.0719. The molecule has 0 bridgehead atoms. The molecule has 4 heteroatoms. The predicted molar refractivity (Wildman–Crippen MR) is 89.3 cm³/mol. The molecule has 0 saturated carbocycles. The van der Waals surface area contributed by atoms with Crippen molar-refractivity contribution in [2.45, 2.75) is 24.3 Å². The van der Waals surface area contributed by atoms with Gasteiger partial charge in [-0.05, 0) is 37.6 Å². The summed E-state index contributed by atoms with van der Waals surface area (Å²) in [6, 6.07) is 15.2. The standard InChI is InChI=1S/C17H20ClNOS/c1-19-16(14-7-8-15(18)21-14)17(9-11-20-12-10-17)13-5-3-2-4-6-13/h2-8,16,19H,9-12H2,1H3. The van der Waals surface area contributed by atoms with Crippen LogP contribution in [0.1, 0.15) is 29.3 Å². The predicted octanol–water partition coefficient (Wildman–Crippen LogP) is 4.41. The van der Waals surface area contributed by atoms with E-state index in [0.717, 1.165) is 30.4 Å². The Morgan fingerprint density at radius 3 is 2.43 bits per heavy atom. The Labute approximate surface area is 135 Å². The van der Waals surface area contributed by atoms with Gasteiger partial charge in [0.05, 0.1) is 10.4 Å². The Hall–Kier alpha value is -0.870. The van der Waals surface area contributed by atoms with E-state index in [9.17, 15) is 0 Å². The van der Waals surface area contributed by atoms with Crippen LogP contribution in [0.25, 0.3) is 0 Å². The van der Waals surface area contributed by atoms with E-state index in [1.807, 2.05) is 13.1 Å². The van der Waals surface area contributed by atoms with Gasteiger partial charge in [0, 0.05) is 23.5 Å². The molecule has 0 amide bonds. The number of ether oxygens (including phenoxy) is 1. The second kappa shape index (κ2) is 6.49. The average Bonchev–Trinajstić information content (AvgIpc) is 2.96. The molecule has 1 aliphatic rings. The van der Waals surface area contributed by atoms with Gasteiger partial charge in [0.15, 0.2) is 0 Å². The summed E-state index contributed by atoms with van der Waals surface area (Å²) in [5.41, 5.74) is 1.46. The third kappa shape index (κ3) is 2.88. The topological polar surface area (TPSA) is 21.3 Å². The maximum absolute atomic E-state index is 6.16. The van der Waals surface area contributed by atoms with Crippen LogP contribution in [0.5, 0.6) is 0 Å². The molecule has 2 aromatic rings. The first kappa shape index (κ1) is 15.0. The van der Waals surface area contributed by atoms with Gasteiger partial charge >= 0.3 is 0 Å². The van der Waals surface area contributed by atoms with Crippen molar-refractivity contribution >= 4 is 22.9 Å². The largest absolute Gasteiger partial charge is 0.381 e.